The van der Waals surface area contributed by atoms with Gasteiger partial charge in [0, 0.05) is 43.9 Å². The number of methoxy groups -OCH3 is 1. The largest absolute Gasteiger partial charge is 0.497 e. The summed E-state index contributed by atoms with van der Waals surface area (Å²) in [7, 11) is 1.58. The Morgan fingerprint density at radius 3 is 2.41 bits per heavy atom. The zero-order chi connectivity index (χ0) is 32.6. The molecular formula is C32H45N5O7. The van der Waals surface area contributed by atoms with Crippen molar-refractivity contribution < 1.29 is 33.8 Å². The van der Waals surface area contributed by atoms with Crippen LogP contribution in [0.15, 0.2) is 30.5 Å². The van der Waals surface area contributed by atoms with Gasteiger partial charge in [0.1, 0.15) is 24.2 Å². The average Bonchev–Trinajstić information content (AvgIpc) is 3.35. The first-order valence-corrected chi connectivity index (χ1v) is 14.7. The second kappa shape index (κ2) is 15.0. The summed E-state index contributed by atoms with van der Waals surface area (Å²) in [5, 5.41) is 18.0. The highest BCUT2D eigenvalue weighted by atomic mass is 16.5. The fourth-order valence-electron chi connectivity index (χ4n) is 5.33. The Bertz CT molecular complexity index is 1330. The van der Waals surface area contributed by atoms with Crippen molar-refractivity contribution in [2.24, 2.45) is 5.41 Å². The predicted octanol–water partition coefficient (Wildman–Crippen LogP) is 2.85. The van der Waals surface area contributed by atoms with Crippen LogP contribution >= 0.6 is 0 Å². The number of carboxylic acid groups (broad SMARTS) is 1. The number of benzene rings is 1. The molecule has 3 amide bonds. The van der Waals surface area contributed by atoms with E-state index in [1.165, 1.54) is 0 Å². The topological polar surface area (TPSA) is 159 Å². The summed E-state index contributed by atoms with van der Waals surface area (Å²) in [6.07, 6.45) is 2.10. The number of hydrogen-bond donors (Lipinski definition) is 4. The number of likely N-dealkylation sites (tertiary alicyclic amines) is 1. The Morgan fingerprint density at radius 1 is 1.11 bits per heavy atom. The summed E-state index contributed by atoms with van der Waals surface area (Å²) in [6.45, 7) is 11.6. The van der Waals surface area contributed by atoms with Crippen LogP contribution in [0.25, 0.3) is 0 Å². The Kier molecular flexibility index (Phi) is 11.7. The summed E-state index contributed by atoms with van der Waals surface area (Å²) in [6, 6.07) is 5.70. The van der Waals surface area contributed by atoms with Crippen molar-refractivity contribution >= 4 is 29.5 Å². The van der Waals surface area contributed by atoms with Gasteiger partial charge in [-0.25, -0.2) is 9.78 Å². The minimum absolute atomic E-state index is 0.00227. The van der Waals surface area contributed by atoms with Crippen LogP contribution in [0, 0.1) is 26.2 Å². The number of carbonyl (C=O) groups is 4. The van der Waals surface area contributed by atoms with E-state index in [2.05, 4.69) is 20.9 Å². The molecule has 1 aromatic heterocycles. The Labute approximate surface area is 258 Å². The molecule has 0 saturated carbocycles. The number of aryl methyl sites for hydroxylation is 3. The molecule has 2 aromatic rings. The van der Waals surface area contributed by atoms with Gasteiger partial charge in [0.25, 0.3) is 5.91 Å². The second-order valence-corrected chi connectivity index (χ2v) is 12.5. The zero-order valence-corrected chi connectivity index (χ0v) is 26.7. The van der Waals surface area contributed by atoms with Gasteiger partial charge in [-0.15, -0.1) is 0 Å². The summed E-state index contributed by atoms with van der Waals surface area (Å²) in [5.74, 6) is -1.05. The van der Waals surface area contributed by atoms with Crippen LogP contribution in [-0.4, -0.2) is 90.2 Å². The van der Waals surface area contributed by atoms with Crippen molar-refractivity contribution in [1.82, 2.24) is 20.5 Å². The molecule has 1 aliphatic heterocycles. The third-order valence-electron chi connectivity index (χ3n) is 7.32. The summed E-state index contributed by atoms with van der Waals surface area (Å²) < 4.78 is 11.1. The van der Waals surface area contributed by atoms with Crippen molar-refractivity contribution in [3.8, 4) is 5.75 Å². The third kappa shape index (κ3) is 9.94. The molecule has 0 radical (unpaired) electrons. The van der Waals surface area contributed by atoms with E-state index in [1.54, 1.807) is 44.2 Å². The maximum absolute atomic E-state index is 13.2. The van der Waals surface area contributed by atoms with Gasteiger partial charge in [-0.3, -0.25) is 14.4 Å². The number of pyridine rings is 1. The first-order chi connectivity index (χ1) is 20.7. The smallest absolute Gasteiger partial charge is 0.328 e. The minimum Gasteiger partial charge on any atom is -0.497 e. The predicted molar refractivity (Wildman–Crippen MR) is 166 cm³/mol. The van der Waals surface area contributed by atoms with Crippen molar-refractivity contribution in [1.29, 1.82) is 0 Å². The van der Waals surface area contributed by atoms with Gasteiger partial charge in [0.2, 0.25) is 11.8 Å². The maximum atomic E-state index is 13.2. The van der Waals surface area contributed by atoms with E-state index in [9.17, 15) is 24.3 Å². The van der Waals surface area contributed by atoms with Gasteiger partial charge in [-0.2, -0.15) is 0 Å². The number of carboxylic acids is 1. The minimum atomic E-state index is -1.33. The van der Waals surface area contributed by atoms with Crippen LogP contribution in [0.4, 0.5) is 5.82 Å². The van der Waals surface area contributed by atoms with E-state index < -0.39 is 29.9 Å². The van der Waals surface area contributed by atoms with E-state index in [-0.39, 0.29) is 30.5 Å². The van der Waals surface area contributed by atoms with E-state index >= 15 is 0 Å². The Balaban J connectivity index is 1.56. The molecule has 0 spiro atoms. The lowest BCUT2D eigenvalue weighted by Gasteiger charge is -2.28. The normalized spacial score (nSPS) is 17.1. The standard InChI is InChI=1S/C32H45N5O7/c1-19-10-20(2)29(21(3)11-19)30(40)36-25(31(41)42)16-35-27(38)18-44-24-12-22(37(17-24)28(39)14-32(4,5)6)15-34-26-13-23(43-7)8-9-33-26/h8-11,13,22,24-25H,12,14-18H2,1-7H3,(H,33,34)(H,35,38)(H,36,40)(H,41,42)/t22-,24+,25-/m0/s1. The third-order valence-corrected chi connectivity index (χ3v) is 7.32. The van der Waals surface area contributed by atoms with Gasteiger partial charge in [-0.1, -0.05) is 38.5 Å². The molecule has 12 nitrogen and oxygen atoms in total. The molecule has 0 bridgehead atoms. The number of carbonyl (C=O) groups excluding carboxylic acids is 3. The van der Waals surface area contributed by atoms with E-state index in [0.717, 1.165) is 16.7 Å². The maximum Gasteiger partial charge on any atom is 0.328 e. The number of hydrogen-bond acceptors (Lipinski definition) is 8. The fourth-order valence-corrected chi connectivity index (χ4v) is 5.33. The molecule has 1 aromatic carbocycles. The molecular weight excluding hydrogens is 566 g/mol. The fraction of sp³-hybridized carbons (Fsp3) is 0.531. The molecule has 3 rings (SSSR count). The quantitative estimate of drug-likeness (QED) is 0.267. The van der Waals surface area contributed by atoms with Crippen LogP contribution in [0.3, 0.4) is 0 Å². The van der Waals surface area contributed by atoms with Crippen molar-refractivity contribution in [3.05, 3.63) is 52.7 Å². The molecule has 44 heavy (non-hydrogen) atoms. The number of nitrogens with one attached hydrogen (secondary N) is 3. The SMILES string of the molecule is COc1ccnc(NC[C@@H]2C[C@@H](OCC(=O)NC[C@H](NC(=O)c3c(C)cc(C)cc3C)C(=O)O)CN2C(=O)CC(C)(C)C)c1. The first-order valence-electron chi connectivity index (χ1n) is 14.7. The molecule has 4 N–H and O–H groups in total. The van der Waals surface area contributed by atoms with Gasteiger partial charge in [0.05, 0.1) is 19.3 Å². The van der Waals surface area contributed by atoms with Gasteiger partial charge in [0.15, 0.2) is 0 Å². The number of ether oxygens (including phenoxy) is 2. The van der Waals surface area contributed by atoms with Gasteiger partial charge in [-0.05, 0) is 49.8 Å². The Hall–Kier alpha value is -4.19. The highest BCUT2D eigenvalue weighted by Crippen LogP contribution is 2.27. The number of nitrogens with zero attached hydrogens (tertiary/aromatic N) is 2. The lowest BCUT2D eigenvalue weighted by atomic mass is 9.91. The summed E-state index contributed by atoms with van der Waals surface area (Å²) in [5.41, 5.74) is 2.69. The van der Waals surface area contributed by atoms with E-state index in [0.29, 0.717) is 43.1 Å². The van der Waals surface area contributed by atoms with E-state index in [1.807, 2.05) is 39.8 Å². The van der Waals surface area contributed by atoms with Gasteiger partial charge >= 0.3 is 5.97 Å². The van der Waals surface area contributed by atoms with Crippen LogP contribution in [-0.2, 0) is 19.1 Å². The first kappa shape index (κ1) is 34.3. The van der Waals surface area contributed by atoms with Crippen LogP contribution in [0.2, 0.25) is 0 Å². The number of aromatic nitrogens is 1. The zero-order valence-electron chi connectivity index (χ0n) is 26.7. The number of anilines is 1. The molecule has 2 heterocycles. The summed E-state index contributed by atoms with van der Waals surface area (Å²) >= 11 is 0. The number of amides is 3. The van der Waals surface area contributed by atoms with Crippen molar-refractivity contribution in [3.63, 3.8) is 0 Å². The lowest BCUT2D eigenvalue weighted by molar-refractivity contribution is -0.139. The number of aliphatic carboxylic acids is 1. The Morgan fingerprint density at radius 2 is 1.80 bits per heavy atom. The molecule has 12 heteroatoms. The molecule has 1 aliphatic rings. The number of rotatable bonds is 13. The van der Waals surface area contributed by atoms with Gasteiger partial charge < -0.3 is 35.4 Å². The second-order valence-electron chi connectivity index (χ2n) is 12.5. The summed E-state index contributed by atoms with van der Waals surface area (Å²) in [4.78, 5) is 56.6. The van der Waals surface area contributed by atoms with Crippen molar-refractivity contribution in [2.75, 3.05) is 38.7 Å². The van der Waals surface area contributed by atoms with Crippen LogP contribution < -0.4 is 20.7 Å². The highest BCUT2D eigenvalue weighted by molar-refractivity contribution is 5.99. The van der Waals surface area contributed by atoms with Crippen LogP contribution in [0.1, 0.15) is 60.7 Å². The van der Waals surface area contributed by atoms with Crippen molar-refractivity contribution in [2.45, 2.75) is 72.6 Å². The monoisotopic (exact) mass is 611 g/mol. The molecule has 3 atom stereocenters. The molecule has 0 aliphatic carbocycles. The molecule has 240 valence electrons. The lowest BCUT2D eigenvalue weighted by Crippen LogP contribution is -2.49. The van der Waals surface area contributed by atoms with Crippen LogP contribution in [0.5, 0.6) is 5.75 Å². The van der Waals surface area contributed by atoms with E-state index in [4.69, 9.17) is 9.47 Å². The highest BCUT2D eigenvalue weighted by Gasteiger charge is 2.37. The molecule has 1 fully saturated rings. The molecule has 1 saturated heterocycles. The molecule has 0 unspecified atom stereocenters. The average molecular weight is 612 g/mol.